The first-order valence-electron chi connectivity index (χ1n) is 6.14. The lowest BCUT2D eigenvalue weighted by atomic mass is 9.90. The van der Waals surface area contributed by atoms with E-state index >= 15 is 0 Å². The van der Waals surface area contributed by atoms with E-state index in [1.54, 1.807) is 0 Å². The number of piperidine rings is 1. The minimum Gasteiger partial charge on any atom is -0.444 e. The molecule has 4 nitrogen and oxygen atoms in total. The van der Waals surface area contributed by atoms with Crippen molar-refractivity contribution < 1.29 is 9.53 Å². The second-order valence-corrected chi connectivity index (χ2v) is 5.90. The molecule has 2 aliphatic heterocycles. The summed E-state index contributed by atoms with van der Waals surface area (Å²) in [6.07, 6.45) is 1.03. The number of fused-ring (bicyclic) bond motifs is 1. The average molecular weight is 226 g/mol. The van der Waals surface area contributed by atoms with Crippen LogP contribution in [0.4, 0.5) is 4.79 Å². The van der Waals surface area contributed by atoms with Crippen molar-refractivity contribution in [2.75, 3.05) is 26.2 Å². The maximum absolute atomic E-state index is 11.9. The van der Waals surface area contributed by atoms with Gasteiger partial charge in [0.2, 0.25) is 0 Å². The molecule has 4 heteroatoms. The van der Waals surface area contributed by atoms with Gasteiger partial charge >= 0.3 is 6.09 Å². The van der Waals surface area contributed by atoms with Crippen LogP contribution in [0.3, 0.4) is 0 Å². The number of hydrogen-bond donors (Lipinski definition) is 1. The first-order valence-corrected chi connectivity index (χ1v) is 6.14. The number of likely N-dealkylation sites (tertiary alicyclic amines) is 1. The van der Waals surface area contributed by atoms with Gasteiger partial charge in [-0.15, -0.1) is 0 Å². The van der Waals surface area contributed by atoms with Gasteiger partial charge in [-0.3, -0.25) is 0 Å². The minimum absolute atomic E-state index is 0.151. The summed E-state index contributed by atoms with van der Waals surface area (Å²) in [7, 11) is 0. The van der Waals surface area contributed by atoms with Gasteiger partial charge in [0.15, 0.2) is 0 Å². The van der Waals surface area contributed by atoms with E-state index in [0.29, 0.717) is 11.8 Å². The van der Waals surface area contributed by atoms with Crippen LogP contribution in [-0.4, -0.2) is 42.8 Å². The largest absolute Gasteiger partial charge is 0.444 e. The Hall–Kier alpha value is -0.770. The molecule has 0 aromatic rings. The zero-order chi connectivity index (χ0) is 11.8. The molecule has 0 aromatic heterocycles. The summed E-state index contributed by atoms with van der Waals surface area (Å²) in [6.45, 7) is 9.60. The Morgan fingerprint density at radius 3 is 2.62 bits per heavy atom. The number of carbonyl (C=O) groups is 1. The van der Waals surface area contributed by atoms with Crippen LogP contribution in [0.1, 0.15) is 27.2 Å². The number of ether oxygens (including phenoxy) is 1. The summed E-state index contributed by atoms with van der Waals surface area (Å²) in [5.74, 6) is 1.30. The predicted octanol–water partition coefficient (Wildman–Crippen LogP) is 1.46. The Labute approximate surface area is 97.3 Å². The van der Waals surface area contributed by atoms with Crippen molar-refractivity contribution in [3.05, 3.63) is 0 Å². The highest BCUT2D eigenvalue weighted by atomic mass is 16.6. The number of rotatable bonds is 0. The second kappa shape index (κ2) is 4.24. The van der Waals surface area contributed by atoms with Gasteiger partial charge in [0.1, 0.15) is 5.60 Å². The van der Waals surface area contributed by atoms with Crippen molar-refractivity contribution >= 4 is 6.09 Å². The Morgan fingerprint density at radius 2 is 2.00 bits per heavy atom. The Kier molecular flexibility index (Phi) is 3.10. The molecule has 1 N–H and O–H groups in total. The molecule has 0 bridgehead atoms. The van der Waals surface area contributed by atoms with Crippen LogP contribution in [0, 0.1) is 11.8 Å². The highest BCUT2D eigenvalue weighted by Gasteiger charge is 2.37. The van der Waals surface area contributed by atoms with E-state index in [2.05, 4.69) is 5.32 Å². The van der Waals surface area contributed by atoms with Crippen LogP contribution in [0.25, 0.3) is 0 Å². The summed E-state index contributed by atoms with van der Waals surface area (Å²) in [5, 5.41) is 3.39. The molecular weight excluding hydrogens is 204 g/mol. The number of nitrogens with zero attached hydrogens (tertiary/aromatic N) is 1. The molecule has 2 rings (SSSR count). The number of hydrogen-bond acceptors (Lipinski definition) is 3. The molecule has 0 radical (unpaired) electrons. The van der Waals surface area contributed by atoms with Gasteiger partial charge in [0.25, 0.3) is 0 Å². The molecule has 2 unspecified atom stereocenters. The van der Waals surface area contributed by atoms with E-state index < -0.39 is 0 Å². The highest BCUT2D eigenvalue weighted by molar-refractivity contribution is 5.68. The van der Waals surface area contributed by atoms with Gasteiger partial charge in [-0.1, -0.05) is 0 Å². The molecule has 16 heavy (non-hydrogen) atoms. The number of nitrogens with one attached hydrogen (secondary N) is 1. The molecule has 2 saturated heterocycles. The Morgan fingerprint density at radius 1 is 1.31 bits per heavy atom. The Bertz CT molecular complexity index is 259. The van der Waals surface area contributed by atoms with Gasteiger partial charge in [-0.05, 0) is 52.1 Å². The topological polar surface area (TPSA) is 41.6 Å². The van der Waals surface area contributed by atoms with Crippen molar-refractivity contribution in [1.29, 1.82) is 0 Å². The van der Waals surface area contributed by atoms with Gasteiger partial charge in [0, 0.05) is 13.1 Å². The van der Waals surface area contributed by atoms with Gasteiger partial charge in [0.05, 0.1) is 0 Å². The third-order valence-electron chi connectivity index (χ3n) is 3.33. The Balaban J connectivity index is 1.90. The maximum Gasteiger partial charge on any atom is 0.410 e. The molecule has 2 atom stereocenters. The van der Waals surface area contributed by atoms with Crippen molar-refractivity contribution in [2.45, 2.75) is 32.8 Å². The third-order valence-corrected chi connectivity index (χ3v) is 3.33. The maximum atomic E-state index is 11.9. The van der Waals surface area contributed by atoms with Crippen molar-refractivity contribution in [1.82, 2.24) is 10.2 Å². The van der Waals surface area contributed by atoms with E-state index in [4.69, 9.17) is 4.74 Å². The molecule has 0 aliphatic carbocycles. The lowest BCUT2D eigenvalue weighted by molar-refractivity contribution is 0.0285. The zero-order valence-corrected chi connectivity index (χ0v) is 10.5. The predicted molar refractivity (Wildman–Crippen MR) is 62.3 cm³/mol. The monoisotopic (exact) mass is 226 g/mol. The molecule has 1 amide bonds. The van der Waals surface area contributed by atoms with E-state index in [1.807, 2.05) is 25.7 Å². The lowest BCUT2D eigenvalue weighted by Crippen LogP contribution is -2.36. The first kappa shape index (κ1) is 11.7. The fourth-order valence-corrected chi connectivity index (χ4v) is 2.55. The average Bonchev–Trinajstić information content (AvgIpc) is 2.58. The van der Waals surface area contributed by atoms with E-state index in [9.17, 15) is 4.79 Å². The summed E-state index contributed by atoms with van der Waals surface area (Å²) in [6, 6.07) is 0. The van der Waals surface area contributed by atoms with Crippen molar-refractivity contribution in [2.24, 2.45) is 11.8 Å². The van der Waals surface area contributed by atoms with Crippen LogP contribution in [0.15, 0.2) is 0 Å². The molecular formula is C12H22N2O2. The fraction of sp³-hybridized carbons (Fsp3) is 0.917. The van der Waals surface area contributed by atoms with Crippen molar-refractivity contribution in [3.8, 4) is 0 Å². The molecule has 0 saturated carbocycles. The molecule has 2 heterocycles. The molecule has 92 valence electrons. The summed E-state index contributed by atoms with van der Waals surface area (Å²) in [5.41, 5.74) is -0.386. The lowest BCUT2D eigenvalue weighted by Gasteiger charge is -2.24. The smallest absolute Gasteiger partial charge is 0.410 e. The summed E-state index contributed by atoms with van der Waals surface area (Å²) >= 11 is 0. The van der Waals surface area contributed by atoms with Gasteiger partial charge in [-0.2, -0.15) is 0 Å². The van der Waals surface area contributed by atoms with Crippen LogP contribution in [0.2, 0.25) is 0 Å². The highest BCUT2D eigenvalue weighted by Crippen LogP contribution is 2.28. The standard InChI is InChI=1S/C12H22N2O2/c1-12(2,3)16-11(15)14-7-9-4-5-13-6-10(9)8-14/h9-10,13H,4-8H2,1-3H3. The van der Waals surface area contributed by atoms with Crippen LogP contribution < -0.4 is 5.32 Å². The van der Waals surface area contributed by atoms with Crippen molar-refractivity contribution in [3.63, 3.8) is 0 Å². The first-order chi connectivity index (χ1) is 7.46. The quantitative estimate of drug-likeness (QED) is 0.680. The van der Waals surface area contributed by atoms with E-state index in [-0.39, 0.29) is 11.7 Å². The fourth-order valence-electron chi connectivity index (χ4n) is 2.55. The number of amides is 1. The molecule has 2 fully saturated rings. The van der Waals surface area contributed by atoms with Crippen LogP contribution >= 0.6 is 0 Å². The minimum atomic E-state index is -0.386. The zero-order valence-electron chi connectivity index (χ0n) is 10.5. The third kappa shape index (κ3) is 2.67. The molecule has 2 aliphatic rings. The van der Waals surface area contributed by atoms with E-state index in [0.717, 1.165) is 26.2 Å². The van der Waals surface area contributed by atoms with Crippen LogP contribution in [0.5, 0.6) is 0 Å². The molecule has 0 aromatic carbocycles. The van der Waals surface area contributed by atoms with E-state index in [1.165, 1.54) is 6.42 Å². The normalized spacial score (nSPS) is 30.1. The SMILES string of the molecule is CC(C)(C)OC(=O)N1CC2CCNCC2C1. The van der Waals surface area contributed by atoms with Crippen LogP contribution in [-0.2, 0) is 4.74 Å². The van der Waals surface area contributed by atoms with Gasteiger partial charge < -0.3 is 15.0 Å². The second-order valence-electron chi connectivity index (χ2n) is 5.90. The summed E-state index contributed by atoms with van der Waals surface area (Å²) < 4.78 is 5.39. The van der Waals surface area contributed by atoms with Gasteiger partial charge in [-0.25, -0.2) is 4.79 Å². The summed E-state index contributed by atoms with van der Waals surface area (Å²) in [4.78, 5) is 13.8. The molecule has 0 spiro atoms. The number of carbonyl (C=O) groups excluding carboxylic acids is 1.